The minimum Gasteiger partial charge on any atom is -0.493 e. The van der Waals surface area contributed by atoms with Crippen LogP contribution in [0.15, 0.2) is 18.2 Å². The zero-order valence-corrected chi connectivity index (χ0v) is 12.4. The summed E-state index contributed by atoms with van der Waals surface area (Å²) in [6.45, 7) is 1.78. The van der Waals surface area contributed by atoms with Gasteiger partial charge in [-0.2, -0.15) is 0 Å². The number of nitrogens with zero attached hydrogens (tertiary/aromatic N) is 1. The Labute approximate surface area is 129 Å². The number of carbonyl (C=O) groups excluding carboxylic acids is 1. The molecule has 2 amide bonds. The van der Waals surface area contributed by atoms with Gasteiger partial charge in [0.2, 0.25) is 5.91 Å². The molecule has 2 N–H and O–H groups in total. The zero-order valence-electron chi connectivity index (χ0n) is 12.4. The van der Waals surface area contributed by atoms with E-state index in [1.165, 1.54) is 4.90 Å². The number of amides is 2. The molecule has 0 radical (unpaired) electrons. The molecular weight excluding hydrogens is 284 g/mol. The lowest BCUT2D eigenvalue weighted by Crippen LogP contribution is -2.38. The highest BCUT2D eigenvalue weighted by molar-refractivity contribution is 5.93. The van der Waals surface area contributed by atoms with Crippen LogP contribution in [0.4, 0.5) is 10.5 Å². The first-order chi connectivity index (χ1) is 10.6. The summed E-state index contributed by atoms with van der Waals surface area (Å²) in [6, 6.07) is 5.74. The van der Waals surface area contributed by atoms with E-state index in [-0.39, 0.29) is 5.91 Å². The molecule has 6 heteroatoms. The molecule has 6 nitrogen and oxygen atoms in total. The normalized spacial score (nSPS) is 18.5. The summed E-state index contributed by atoms with van der Waals surface area (Å²) >= 11 is 0. The number of carboxylic acid groups (broad SMARTS) is 1. The predicted molar refractivity (Wildman–Crippen MR) is 81.2 cm³/mol. The van der Waals surface area contributed by atoms with Crippen LogP contribution in [-0.4, -0.2) is 41.7 Å². The number of carbonyl (C=O) groups is 2. The monoisotopic (exact) mass is 304 g/mol. The second kappa shape index (κ2) is 6.25. The number of benzene rings is 1. The molecule has 0 unspecified atom stereocenters. The van der Waals surface area contributed by atoms with Crippen LogP contribution in [0.25, 0.3) is 0 Å². The standard InChI is InChI=1S/C16H20N2O4/c19-15-4-1-12-9-13(2-3-14(12)17-15)22-10-11-5-7-18(8-6-11)16(20)21/h2-3,9,11H,1,4-8,10H2,(H,17,19)(H,20,21). The Hall–Kier alpha value is -2.24. The number of hydrogen-bond acceptors (Lipinski definition) is 3. The molecule has 2 aliphatic heterocycles. The van der Waals surface area contributed by atoms with E-state index in [1.54, 1.807) is 0 Å². The fourth-order valence-electron chi connectivity index (χ4n) is 2.95. The Morgan fingerprint density at radius 3 is 2.82 bits per heavy atom. The van der Waals surface area contributed by atoms with E-state index in [0.29, 0.717) is 32.0 Å². The number of aryl methyl sites for hydroxylation is 1. The van der Waals surface area contributed by atoms with Gasteiger partial charge in [0.05, 0.1) is 6.61 Å². The lowest BCUT2D eigenvalue weighted by Gasteiger charge is -2.29. The highest BCUT2D eigenvalue weighted by Crippen LogP contribution is 2.27. The molecule has 1 aromatic carbocycles. The van der Waals surface area contributed by atoms with Gasteiger partial charge in [0.25, 0.3) is 0 Å². The van der Waals surface area contributed by atoms with Crippen molar-refractivity contribution in [2.75, 3.05) is 25.0 Å². The molecule has 1 saturated heterocycles. The minimum atomic E-state index is -0.837. The van der Waals surface area contributed by atoms with Gasteiger partial charge in [-0.3, -0.25) is 4.79 Å². The molecule has 1 aromatic rings. The van der Waals surface area contributed by atoms with Crippen molar-refractivity contribution in [3.63, 3.8) is 0 Å². The molecule has 22 heavy (non-hydrogen) atoms. The second-order valence-electron chi connectivity index (χ2n) is 5.89. The van der Waals surface area contributed by atoms with Gasteiger partial charge < -0.3 is 20.1 Å². The van der Waals surface area contributed by atoms with Gasteiger partial charge in [0.15, 0.2) is 0 Å². The van der Waals surface area contributed by atoms with E-state index in [1.807, 2.05) is 18.2 Å². The highest BCUT2D eigenvalue weighted by Gasteiger charge is 2.23. The minimum absolute atomic E-state index is 0.0614. The van der Waals surface area contributed by atoms with Crippen LogP contribution < -0.4 is 10.1 Å². The number of nitrogens with one attached hydrogen (secondary N) is 1. The molecule has 0 atom stereocenters. The summed E-state index contributed by atoms with van der Waals surface area (Å²) in [5.41, 5.74) is 1.98. The van der Waals surface area contributed by atoms with Crippen molar-refractivity contribution in [2.24, 2.45) is 5.92 Å². The average molecular weight is 304 g/mol. The number of likely N-dealkylation sites (tertiary alicyclic amines) is 1. The number of hydrogen-bond donors (Lipinski definition) is 2. The Bertz CT molecular complexity index is 580. The van der Waals surface area contributed by atoms with Crippen LogP contribution in [0.3, 0.4) is 0 Å². The molecule has 0 aliphatic carbocycles. The summed E-state index contributed by atoms with van der Waals surface area (Å²) in [5, 5.41) is 11.8. The van der Waals surface area contributed by atoms with Gasteiger partial charge in [0, 0.05) is 25.2 Å². The maximum Gasteiger partial charge on any atom is 0.407 e. The van der Waals surface area contributed by atoms with Crippen LogP contribution in [0, 0.1) is 5.92 Å². The molecule has 0 bridgehead atoms. The van der Waals surface area contributed by atoms with E-state index in [2.05, 4.69) is 5.32 Å². The van der Waals surface area contributed by atoms with Gasteiger partial charge in [-0.1, -0.05) is 0 Å². The van der Waals surface area contributed by atoms with E-state index in [9.17, 15) is 9.59 Å². The summed E-state index contributed by atoms with van der Waals surface area (Å²) in [7, 11) is 0. The number of fused-ring (bicyclic) bond motifs is 1. The largest absolute Gasteiger partial charge is 0.493 e. The van der Waals surface area contributed by atoms with Crippen molar-refractivity contribution in [1.82, 2.24) is 4.90 Å². The Kier molecular flexibility index (Phi) is 4.18. The van der Waals surface area contributed by atoms with E-state index >= 15 is 0 Å². The molecule has 118 valence electrons. The maximum atomic E-state index is 11.3. The zero-order chi connectivity index (χ0) is 15.5. The summed E-state index contributed by atoms with van der Waals surface area (Å²) in [5.74, 6) is 1.27. The van der Waals surface area contributed by atoms with Crippen LogP contribution in [0.1, 0.15) is 24.8 Å². The Morgan fingerprint density at radius 2 is 2.09 bits per heavy atom. The molecule has 2 aliphatic rings. The van der Waals surface area contributed by atoms with Crippen LogP contribution in [0.5, 0.6) is 5.75 Å². The summed E-state index contributed by atoms with van der Waals surface area (Å²) in [6.07, 6.45) is 2.11. The van der Waals surface area contributed by atoms with Crippen LogP contribution in [-0.2, 0) is 11.2 Å². The van der Waals surface area contributed by atoms with Crippen LogP contribution >= 0.6 is 0 Å². The topological polar surface area (TPSA) is 78.9 Å². The Balaban J connectivity index is 1.52. The molecular formula is C16H20N2O4. The summed E-state index contributed by atoms with van der Waals surface area (Å²) < 4.78 is 5.86. The smallest absolute Gasteiger partial charge is 0.407 e. The second-order valence-corrected chi connectivity index (χ2v) is 5.89. The lowest BCUT2D eigenvalue weighted by atomic mass is 9.98. The Morgan fingerprint density at radius 1 is 1.32 bits per heavy atom. The third-order valence-corrected chi connectivity index (χ3v) is 4.34. The van der Waals surface area contributed by atoms with Crippen molar-refractivity contribution in [3.8, 4) is 5.75 Å². The van der Waals surface area contributed by atoms with Gasteiger partial charge in [-0.25, -0.2) is 4.79 Å². The SMILES string of the molecule is O=C1CCc2cc(OCC3CCN(C(=O)O)CC3)ccc2N1. The quantitative estimate of drug-likeness (QED) is 0.898. The molecule has 0 spiro atoms. The lowest BCUT2D eigenvalue weighted by molar-refractivity contribution is -0.116. The molecule has 0 aromatic heterocycles. The number of anilines is 1. The number of ether oxygens (including phenoxy) is 1. The molecule has 2 heterocycles. The van der Waals surface area contributed by atoms with E-state index < -0.39 is 6.09 Å². The molecule has 1 fully saturated rings. The first kappa shape index (κ1) is 14.7. The van der Waals surface area contributed by atoms with E-state index in [4.69, 9.17) is 9.84 Å². The van der Waals surface area contributed by atoms with Gasteiger partial charge in [0.1, 0.15) is 5.75 Å². The fourth-order valence-corrected chi connectivity index (χ4v) is 2.95. The highest BCUT2D eigenvalue weighted by atomic mass is 16.5. The van der Waals surface area contributed by atoms with Crippen molar-refractivity contribution in [3.05, 3.63) is 23.8 Å². The molecule has 0 saturated carbocycles. The van der Waals surface area contributed by atoms with Gasteiger partial charge in [-0.05, 0) is 48.9 Å². The maximum absolute atomic E-state index is 11.3. The van der Waals surface area contributed by atoms with Gasteiger partial charge >= 0.3 is 6.09 Å². The van der Waals surface area contributed by atoms with Crippen molar-refractivity contribution in [1.29, 1.82) is 0 Å². The first-order valence-corrected chi connectivity index (χ1v) is 7.65. The van der Waals surface area contributed by atoms with Crippen molar-refractivity contribution >= 4 is 17.7 Å². The van der Waals surface area contributed by atoms with Gasteiger partial charge in [-0.15, -0.1) is 0 Å². The third kappa shape index (κ3) is 3.32. The predicted octanol–water partition coefficient (Wildman–Crippen LogP) is 2.34. The van der Waals surface area contributed by atoms with Crippen molar-refractivity contribution in [2.45, 2.75) is 25.7 Å². The summed E-state index contributed by atoms with van der Waals surface area (Å²) in [4.78, 5) is 23.7. The third-order valence-electron chi connectivity index (χ3n) is 4.34. The van der Waals surface area contributed by atoms with Crippen LogP contribution in [0.2, 0.25) is 0 Å². The molecule has 3 rings (SSSR count). The van der Waals surface area contributed by atoms with E-state index in [0.717, 1.165) is 36.3 Å². The fraction of sp³-hybridized carbons (Fsp3) is 0.500. The first-order valence-electron chi connectivity index (χ1n) is 7.65. The number of rotatable bonds is 3. The van der Waals surface area contributed by atoms with Crippen molar-refractivity contribution < 1.29 is 19.4 Å². The average Bonchev–Trinajstić information content (AvgIpc) is 2.53. The number of piperidine rings is 1.